The van der Waals surface area contributed by atoms with Crippen LogP contribution in [0.1, 0.15) is 0 Å². The van der Waals surface area contributed by atoms with Crippen molar-refractivity contribution in [2.24, 2.45) is 0 Å². The summed E-state index contributed by atoms with van der Waals surface area (Å²) in [5, 5.41) is 1.08. The number of thioether (sulfide) groups is 1. The summed E-state index contributed by atoms with van der Waals surface area (Å²) in [7, 11) is 1.68. The third-order valence-electron chi connectivity index (χ3n) is 3.88. The SMILES string of the molecule is COc1ccc2[nH]c3c(N4CCSCC4)ncnc3c2c1. The van der Waals surface area contributed by atoms with Gasteiger partial charge in [-0.05, 0) is 18.2 Å². The fourth-order valence-electron chi connectivity index (χ4n) is 2.80. The van der Waals surface area contributed by atoms with Gasteiger partial charge in [-0.15, -0.1) is 0 Å². The number of methoxy groups -OCH3 is 1. The van der Waals surface area contributed by atoms with Gasteiger partial charge in [0.15, 0.2) is 5.82 Å². The smallest absolute Gasteiger partial charge is 0.156 e. The first-order valence-corrected chi connectivity index (χ1v) is 8.15. The summed E-state index contributed by atoms with van der Waals surface area (Å²) in [6.45, 7) is 2.07. The Kier molecular flexibility index (Phi) is 3.11. The molecular weight excluding hydrogens is 284 g/mol. The number of hydrogen-bond donors (Lipinski definition) is 1. The van der Waals surface area contributed by atoms with Gasteiger partial charge >= 0.3 is 0 Å². The molecule has 108 valence electrons. The molecule has 0 bridgehead atoms. The highest BCUT2D eigenvalue weighted by molar-refractivity contribution is 7.99. The van der Waals surface area contributed by atoms with Gasteiger partial charge in [0.05, 0.1) is 7.11 Å². The number of fused-ring (bicyclic) bond motifs is 3. The summed E-state index contributed by atoms with van der Waals surface area (Å²) in [6.07, 6.45) is 1.66. The van der Waals surface area contributed by atoms with Crippen LogP contribution >= 0.6 is 11.8 Å². The maximum atomic E-state index is 5.32. The lowest BCUT2D eigenvalue weighted by atomic mass is 10.2. The number of nitrogens with one attached hydrogen (secondary N) is 1. The molecule has 0 aliphatic carbocycles. The van der Waals surface area contributed by atoms with Crippen molar-refractivity contribution in [3.8, 4) is 5.75 Å². The average Bonchev–Trinajstić information content (AvgIpc) is 2.93. The van der Waals surface area contributed by atoms with E-state index in [4.69, 9.17) is 4.74 Å². The molecule has 3 aromatic rings. The number of H-pyrrole nitrogens is 1. The van der Waals surface area contributed by atoms with Gasteiger partial charge in [0.2, 0.25) is 0 Å². The van der Waals surface area contributed by atoms with Crippen LogP contribution in [0.4, 0.5) is 5.82 Å². The highest BCUT2D eigenvalue weighted by Crippen LogP contribution is 2.32. The van der Waals surface area contributed by atoms with Crippen molar-refractivity contribution in [1.29, 1.82) is 0 Å². The molecule has 1 aromatic carbocycles. The molecule has 2 aromatic heterocycles. The summed E-state index contributed by atoms with van der Waals surface area (Å²) in [6, 6.07) is 6.02. The van der Waals surface area contributed by atoms with Gasteiger partial charge < -0.3 is 14.6 Å². The molecule has 1 fully saturated rings. The van der Waals surface area contributed by atoms with Crippen LogP contribution in [0.3, 0.4) is 0 Å². The number of anilines is 1. The minimum atomic E-state index is 0.845. The van der Waals surface area contributed by atoms with Crippen LogP contribution in [0.15, 0.2) is 24.5 Å². The summed E-state index contributed by atoms with van der Waals surface area (Å²) in [5.41, 5.74) is 3.05. The molecule has 3 heterocycles. The zero-order valence-corrected chi connectivity index (χ0v) is 12.6. The second kappa shape index (κ2) is 5.11. The maximum Gasteiger partial charge on any atom is 0.156 e. The summed E-state index contributed by atoms with van der Waals surface area (Å²) in [5.74, 6) is 4.16. The van der Waals surface area contributed by atoms with Gasteiger partial charge in [-0.25, -0.2) is 9.97 Å². The Morgan fingerprint density at radius 1 is 1.24 bits per heavy atom. The standard InChI is InChI=1S/C15H16N4OS/c1-20-10-2-3-12-11(8-10)13-14(18-12)15(17-9-16-13)19-4-6-21-7-5-19/h2-3,8-9,18H,4-7H2,1H3. The number of hydrogen-bond acceptors (Lipinski definition) is 5. The van der Waals surface area contributed by atoms with Crippen molar-refractivity contribution >= 4 is 39.5 Å². The molecule has 5 nitrogen and oxygen atoms in total. The number of aromatic amines is 1. The predicted molar refractivity (Wildman–Crippen MR) is 87.5 cm³/mol. The average molecular weight is 300 g/mol. The van der Waals surface area contributed by atoms with E-state index in [1.807, 2.05) is 30.0 Å². The molecule has 6 heteroatoms. The quantitative estimate of drug-likeness (QED) is 0.788. The highest BCUT2D eigenvalue weighted by Gasteiger charge is 2.18. The molecule has 0 amide bonds. The van der Waals surface area contributed by atoms with Gasteiger partial charge in [-0.2, -0.15) is 11.8 Å². The summed E-state index contributed by atoms with van der Waals surface area (Å²) < 4.78 is 5.32. The lowest BCUT2D eigenvalue weighted by Crippen LogP contribution is -2.33. The molecule has 0 saturated carbocycles. The Hall–Kier alpha value is -1.95. The number of benzene rings is 1. The van der Waals surface area contributed by atoms with E-state index < -0.39 is 0 Å². The van der Waals surface area contributed by atoms with E-state index in [0.717, 1.165) is 58.1 Å². The van der Waals surface area contributed by atoms with Crippen LogP contribution in [0.5, 0.6) is 5.75 Å². The van der Waals surface area contributed by atoms with Crippen LogP contribution in [0.25, 0.3) is 21.9 Å². The largest absolute Gasteiger partial charge is 0.497 e. The van der Waals surface area contributed by atoms with E-state index in [1.165, 1.54) is 0 Å². The Balaban J connectivity index is 1.92. The van der Waals surface area contributed by atoms with Gasteiger partial charge in [-0.3, -0.25) is 0 Å². The molecular formula is C15H16N4OS. The first-order valence-electron chi connectivity index (χ1n) is 7.00. The lowest BCUT2D eigenvalue weighted by Gasteiger charge is -2.27. The van der Waals surface area contributed by atoms with Gasteiger partial charge in [-0.1, -0.05) is 0 Å². The van der Waals surface area contributed by atoms with E-state index in [1.54, 1.807) is 13.4 Å². The monoisotopic (exact) mass is 300 g/mol. The minimum absolute atomic E-state index is 0.845. The first-order chi connectivity index (χ1) is 10.4. The van der Waals surface area contributed by atoms with Crippen molar-refractivity contribution < 1.29 is 4.74 Å². The fraction of sp³-hybridized carbons (Fsp3) is 0.333. The molecule has 0 unspecified atom stereocenters. The van der Waals surface area contributed by atoms with Gasteiger partial charge in [0.1, 0.15) is 23.1 Å². The van der Waals surface area contributed by atoms with Crippen LogP contribution in [-0.4, -0.2) is 46.7 Å². The molecule has 1 N–H and O–H groups in total. The van der Waals surface area contributed by atoms with Crippen LogP contribution < -0.4 is 9.64 Å². The Morgan fingerprint density at radius 2 is 2.10 bits per heavy atom. The van der Waals surface area contributed by atoms with Crippen LogP contribution in [0.2, 0.25) is 0 Å². The highest BCUT2D eigenvalue weighted by atomic mass is 32.2. The fourth-order valence-corrected chi connectivity index (χ4v) is 3.70. The van der Waals surface area contributed by atoms with Gasteiger partial charge in [0, 0.05) is 35.5 Å². The zero-order chi connectivity index (χ0) is 14.2. The second-order valence-electron chi connectivity index (χ2n) is 5.06. The number of ether oxygens (including phenoxy) is 1. The third kappa shape index (κ3) is 2.10. The Labute approximate surface area is 126 Å². The van der Waals surface area contributed by atoms with Crippen LogP contribution in [0, 0.1) is 0 Å². The number of rotatable bonds is 2. The lowest BCUT2D eigenvalue weighted by molar-refractivity contribution is 0.415. The zero-order valence-electron chi connectivity index (χ0n) is 11.8. The molecule has 4 rings (SSSR count). The van der Waals surface area contributed by atoms with E-state index in [2.05, 4.69) is 19.9 Å². The second-order valence-corrected chi connectivity index (χ2v) is 6.28. The Bertz CT molecular complexity index is 795. The van der Waals surface area contributed by atoms with Crippen molar-refractivity contribution in [3.05, 3.63) is 24.5 Å². The van der Waals surface area contributed by atoms with E-state index in [0.29, 0.717) is 0 Å². The number of nitrogens with zero attached hydrogens (tertiary/aromatic N) is 3. The maximum absolute atomic E-state index is 5.32. The van der Waals surface area contributed by atoms with Crippen LogP contribution in [-0.2, 0) is 0 Å². The van der Waals surface area contributed by atoms with Crippen molar-refractivity contribution in [2.45, 2.75) is 0 Å². The first kappa shape index (κ1) is 12.8. The summed E-state index contributed by atoms with van der Waals surface area (Å²) >= 11 is 2.00. The van der Waals surface area contributed by atoms with Crippen molar-refractivity contribution in [3.63, 3.8) is 0 Å². The van der Waals surface area contributed by atoms with E-state index in [-0.39, 0.29) is 0 Å². The van der Waals surface area contributed by atoms with Crippen molar-refractivity contribution in [2.75, 3.05) is 36.6 Å². The van der Waals surface area contributed by atoms with Crippen molar-refractivity contribution in [1.82, 2.24) is 15.0 Å². The molecule has 1 saturated heterocycles. The van der Waals surface area contributed by atoms with E-state index in [9.17, 15) is 0 Å². The minimum Gasteiger partial charge on any atom is -0.497 e. The van der Waals surface area contributed by atoms with E-state index >= 15 is 0 Å². The Morgan fingerprint density at radius 3 is 2.90 bits per heavy atom. The predicted octanol–water partition coefficient (Wildman–Crippen LogP) is 2.67. The molecule has 1 aliphatic rings. The number of aromatic nitrogens is 3. The topological polar surface area (TPSA) is 54.0 Å². The summed E-state index contributed by atoms with van der Waals surface area (Å²) in [4.78, 5) is 14.8. The molecule has 1 aliphatic heterocycles. The molecule has 0 atom stereocenters. The molecule has 21 heavy (non-hydrogen) atoms. The normalized spacial score (nSPS) is 15.8. The molecule has 0 radical (unpaired) electrons. The molecule has 0 spiro atoms. The third-order valence-corrected chi connectivity index (χ3v) is 4.82. The van der Waals surface area contributed by atoms with Gasteiger partial charge in [0.25, 0.3) is 0 Å².